The van der Waals surface area contributed by atoms with Crippen molar-refractivity contribution in [3.8, 4) is 0 Å². The minimum atomic E-state index is -1.84. The van der Waals surface area contributed by atoms with Crippen molar-refractivity contribution in [2.45, 2.75) is 173 Å². The fourth-order valence-electron chi connectivity index (χ4n) is 8.62. The van der Waals surface area contributed by atoms with E-state index in [-0.39, 0.29) is 62.6 Å². The molecule has 0 aromatic carbocycles. The van der Waals surface area contributed by atoms with Crippen molar-refractivity contribution in [3.63, 3.8) is 0 Å². The van der Waals surface area contributed by atoms with Crippen LogP contribution in [0.3, 0.4) is 0 Å². The van der Waals surface area contributed by atoms with Gasteiger partial charge in [0, 0.05) is 81.9 Å². The van der Waals surface area contributed by atoms with Crippen LogP contribution >= 0.6 is 0 Å². The van der Waals surface area contributed by atoms with Crippen LogP contribution in [-0.4, -0.2) is 138 Å². The summed E-state index contributed by atoms with van der Waals surface area (Å²) >= 11 is 0. The van der Waals surface area contributed by atoms with E-state index in [4.69, 9.17) is 37.9 Å². The molecule has 297 valence electrons. The van der Waals surface area contributed by atoms with Gasteiger partial charge in [-0.1, -0.05) is 13.8 Å². The Kier molecular flexibility index (Phi) is 15.7. The number of hydrogen-bond acceptors (Lipinski definition) is 14. The van der Waals surface area contributed by atoms with Gasteiger partial charge < -0.3 is 58.1 Å². The van der Waals surface area contributed by atoms with Crippen LogP contribution in [0.2, 0.25) is 0 Å². The van der Waals surface area contributed by atoms with E-state index in [0.717, 1.165) is 5.57 Å². The minimum absolute atomic E-state index is 0. The third-order valence-electron chi connectivity index (χ3n) is 11.9. The number of hydrogen-bond donors (Lipinski definition) is 3. The van der Waals surface area contributed by atoms with E-state index in [9.17, 15) is 24.9 Å². The maximum atomic E-state index is 14.0. The van der Waals surface area contributed by atoms with Crippen LogP contribution in [0.4, 0.5) is 0 Å². The Bertz CT molecular complexity index is 1270. The largest absolute Gasteiger partial charge is 0.489 e. The molecule has 3 fully saturated rings. The summed E-state index contributed by atoms with van der Waals surface area (Å²) in [6.07, 6.45) is -7.69. The SMILES string of the molecule is COC1(C)CC(OC2[C@H](C)C(OC3O[C@H](C)CC(N(C)C)C3O)C3(C)CC(C)=C(O3)[C@H](C)C(O)[C@](C)(O)C(C)OC(=O)[C@@H]2C)O[C@@H](C)C1OC=O.[Ac]. The number of likely N-dealkylation sites (N-methyl/N-ethyl adjacent to an activating group) is 1. The first-order valence-corrected chi connectivity index (χ1v) is 18.2. The number of esters is 1. The summed E-state index contributed by atoms with van der Waals surface area (Å²) in [6.45, 7) is 18.0. The number of carbonyl (C=O) groups is 2. The Hall–Kier alpha value is -0.438. The molecule has 4 aliphatic heterocycles. The summed E-state index contributed by atoms with van der Waals surface area (Å²) in [6, 6.07) is -0.248. The zero-order valence-corrected chi connectivity index (χ0v) is 38.0. The molecule has 1 radical (unpaired) electrons. The zero-order valence-electron chi connectivity index (χ0n) is 33.2. The van der Waals surface area contributed by atoms with Crippen LogP contribution in [0.5, 0.6) is 0 Å². The number of fused-ring (bicyclic) bond motifs is 2. The topological polar surface area (TPSA) is 172 Å². The molecule has 2 bridgehead atoms. The summed E-state index contributed by atoms with van der Waals surface area (Å²) in [5, 5.41) is 34.7. The number of ether oxygens (including phenoxy) is 8. The van der Waals surface area contributed by atoms with Gasteiger partial charge in [0.05, 0.1) is 30.3 Å². The maximum absolute atomic E-state index is 14.0. The fourth-order valence-corrected chi connectivity index (χ4v) is 8.62. The van der Waals surface area contributed by atoms with Gasteiger partial charge >= 0.3 is 5.97 Å². The summed E-state index contributed by atoms with van der Waals surface area (Å²) < 4.78 is 50.0. The summed E-state index contributed by atoms with van der Waals surface area (Å²) in [5.74, 6) is -2.44. The van der Waals surface area contributed by atoms with Crippen LogP contribution in [-0.2, 0) is 47.5 Å². The molecule has 3 saturated heterocycles. The number of carbonyl (C=O) groups excluding carboxylic acids is 2. The van der Waals surface area contributed by atoms with E-state index in [1.54, 1.807) is 34.6 Å². The second kappa shape index (κ2) is 17.8. The molecule has 4 heterocycles. The van der Waals surface area contributed by atoms with Gasteiger partial charge in [0.2, 0.25) is 0 Å². The molecule has 0 amide bonds. The van der Waals surface area contributed by atoms with E-state index in [1.807, 2.05) is 46.7 Å². The van der Waals surface area contributed by atoms with E-state index >= 15 is 0 Å². The molecule has 0 saturated carbocycles. The average molecular weight is 957 g/mol. The van der Waals surface area contributed by atoms with E-state index < -0.39 is 95.8 Å². The maximum Gasteiger partial charge on any atom is 0.311 e. The number of methoxy groups -OCH3 is 1. The number of aliphatic hydroxyl groups excluding tert-OH is 2. The van der Waals surface area contributed by atoms with Gasteiger partial charge in [-0.05, 0) is 81.5 Å². The molecule has 4 aliphatic rings. The molecular formula is C37H63AcNO13. The Morgan fingerprint density at radius 2 is 1.60 bits per heavy atom. The van der Waals surface area contributed by atoms with Crippen molar-refractivity contribution >= 4 is 12.4 Å². The second-order valence-electron chi connectivity index (χ2n) is 16.3. The molecule has 11 unspecified atom stereocenters. The normalized spacial score (nSPS) is 47.7. The van der Waals surface area contributed by atoms with Gasteiger partial charge in [0.15, 0.2) is 18.7 Å². The molecule has 0 aromatic heterocycles. The van der Waals surface area contributed by atoms with Crippen molar-refractivity contribution in [2.75, 3.05) is 21.2 Å². The number of aliphatic hydroxyl groups is 3. The molecule has 4 rings (SSSR count). The molecule has 0 aliphatic carbocycles. The van der Waals surface area contributed by atoms with Crippen molar-refractivity contribution in [1.29, 1.82) is 0 Å². The van der Waals surface area contributed by atoms with E-state index in [2.05, 4.69) is 0 Å². The van der Waals surface area contributed by atoms with Gasteiger partial charge in [-0.15, -0.1) is 0 Å². The molecule has 0 aromatic rings. The average Bonchev–Trinajstić information content (AvgIpc) is 3.37. The van der Waals surface area contributed by atoms with Crippen LogP contribution in [0.25, 0.3) is 0 Å². The summed E-state index contributed by atoms with van der Waals surface area (Å²) in [4.78, 5) is 27.3. The van der Waals surface area contributed by atoms with Crippen LogP contribution in [0.15, 0.2) is 11.3 Å². The van der Waals surface area contributed by atoms with Gasteiger partial charge in [0.1, 0.15) is 40.9 Å². The zero-order chi connectivity index (χ0) is 38.4. The molecule has 3 N–H and O–H groups in total. The van der Waals surface area contributed by atoms with E-state index in [0.29, 0.717) is 25.1 Å². The molecule has 17 atom stereocenters. The molecule has 15 heteroatoms. The Labute approximate surface area is 345 Å². The quantitative estimate of drug-likeness (QED) is 0.240. The summed E-state index contributed by atoms with van der Waals surface area (Å²) in [7, 11) is 5.32. The fraction of sp³-hybridized carbons (Fsp3) is 0.892. The number of rotatable bonds is 8. The van der Waals surface area contributed by atoms with Crippen LogP contribution in [0, 0.1) is 61.8 Å². The predicted molar refractivity (Wildman–Crippen MR) is 184 cm³/mol. The van der Waals surface area contributed by atoms with Gasteiger partial charge in [-0.3, -0.25) is 9.59 Å². The van der Waals surface area contributed by atoms with Crippen LogP contribution < -0.4 is 0 Å². The summed E-state index contributed by atoms with van der Waals surface area (Å²) in [5.41, 5.74) is -3.06. The predicted octanol–water partition coefficient (Wildman–Crippen LogP) is 2.68. The Morgan fingerprint density at radius 1 is 0.962 bits per heavy atom. The molecule has 52 heavy (non-hydrogen) atoms. The van der Waals surface area contributed by atoms with Gasteiger partial charge in [-0.25, -0.2) is 0 Å². The number of nitrogens with zero attached hydrogens (tertiary/aromatic N) is 1. The molecule has 0 spiro atoms. The van der Waals surface area contributed by atoms with Crippen LogP contribution in [0.1, 0.15) is 88.5 Å². The molecule has 14 nitrogen and oxygen atoms in total. The first-order valence-electron chi connectivity index (χ1n) is 18.2. The van der Waals surface area contributed by atoms with Gasteiger partial charge in [0.25, 0.3) is 6.47 Å². The second-order valence-corrected chi connectivity index (χ2v) is 16.3. The Morgan fingerprint density at radius 3 is 2.17 bits per heavy atom. The standard InChI is InChI=1S/C37H63NO13.Ac/c1-18-15-36(9)31(50-34-27(40)25(38(11)12)14-19(2)46-34)21(4)29(49-26-16-35(8,44-13)32(45-17-39)23(6)47-26)22(5)33(42)48-24(7)37(10,43)30(41)20(3)28(18)51-36;/h17,19-27,29-32,34,40-41,43H,14-16H2,1-13H3;/t19-,20+,21+,22-,23+,24?,25?,26?,27?,29?,30?,31?,32?,34?,35?,36?,37-;/m1./s1. The number of cyclic esters (lactones) is 1. The monoisotopic (exact) mass is 956 g/mol. The van der Waals surface area contributed by atoms with E-state index in [1.165, 1.54) is 14.0 Å². The first kappa shape index (κ1) is 45.9. The Balaban J connectivity index is 0.00000729. The van der Waals surface area contributed by atoms with Crippen molar-refractivity contribution < 1.29 is 107 Å². The third kappa shape index (κ3) is 9.22. The van der Waals surface area contributed by atoms with Crippen molar-refractivity contribution in [3.05, 3.63) is 11.3 Å². The van der Waals surface area contributed by atoms with Gasteiger partial charge in [-0.2, -0.15) is 0 Å². The van der Waals surface area contributed by atoms with Crippen molar-refractivity contribution in [1.82, 2.24) is 4.90 Å². The molecular weight excluding hydrogens is 893 g/mol. The minimum Gasteiger partial charge on any atom is -0.489 e. The third-order valence-corrected chi connectivity index (χ3v) is 11.9. The first-order chi connectivity index (χ1) is 23.6. The van der Waals surface area contributed by atoms with Crippen molar-refractivity contribution in [2.24, 2.45) is 17.8 Å². The smallest absolute Gasteiger partial charge is 0.311 e.